The Bertz CT molecular complexity index is 623. The maximum absolute atomic E-state index is 13.0. The van der Waals surface area contributed by atoms with Crippen molar-refractivity contribution < 1.29 is 9.59 Å². The van der Waals surface area contributed by atoms with Crippen LogP contribution in [0, 0.1) is 0 Å². The summed E-state index contributed by atoms with van der Waals surface area (Å²) in [6, 6.07) is 7.65. The highest BCUT2D eigenvalue weighted by Gasteiger charge is 2.35. The van der Waals surface area contributed by atoms with Crippen molar-refractivity contribution in [3.05, 3.63) is 35.4 Å². The summed E-state index contributed by atoms with van der Waals surface area (Å²) in [7, 11) is 1.83. The van der Waals surface area contributed by atoms with Crippen molar-refractivity contribution in [2.75, 3.05) is 33.2 Å². The van der Waals surface area contributed by atoms with Crippen LogP contribution in [0.5, 0.6) is 0 Å². The molecule has 2 fully saturated rings. The van der Waals surface area contributed by atoms with Crippen molar-refractivity contribution >= 4 is 11.8 Å². The van der Waals surface area contributed by atoms with Gasteiger partial charge in [0, 0.05) is 32.2 Å². The third-order valence-electron chi connectivity index (χ3n) is 5.61. The zero-order valence-corrected chi connectivity index (χ0v) is 16.1. The number of piperazine rings is 1. The van der Waals surface area contributed by atoms with Gasteiger partial charge < -0.3 is 9.80 Å². The third kappa shape index (κ3) is 4.26. The number of rotatable bonds is 6. The molecular formula is C21H31N3O2. The van der Waals surface area contributed by atoms with E-state index < -0.39 is 0 Å². The lowest BCUT2D eigenvalue weighted by molar-refractivity contribution is -0.138. The minimum atomic E-state index is -0.314. The van der Waals surface area contributed by atoms with Gasteiger partial charge in [0.25, 0.3) is 5.91 Å². The highest BCUT2D eigenvalue weighted by molar-refractivity contribution is 5.98. The van der Waals surface area contributed by atoms with Crippen LogP contribution in [0.1, 0.15) is 54.9 Å². The van der Waals surface area contributed by atoms with Crippen molar-refractivity contribution in [2.45, 2.75) is 51.6 Å². The van der Waals surface area contributed by atoms with Gasteiger partial charge in [0.15, 0.2) is 0 Å². The maximum atomic E-state index is 13.0. The average molecular weight is 357 g/mol. The van der Waals surface area contributed by atoms with Crippen molar-refractivity contribution in [2.24, 2.45) is 0 Å². The Kier molecular flexibility index (Phi) is 6.30. The van der Waals surface area contributed by atoms with Crippen molar-refractivity contribution in [3.63, 3.8) is 0 Å². The first-order valence-electron chi connectivity index (χ1n) is 9.97. The van der Waals surface area contributed by atoms with E-state index in [4.69, 9.17) is 0 Å². The summed E-state index contributed by atoms with van der Waals surface area (Å²) >= 11 is 0. The highest BCUT2D eigenvalue weighted by Crippen LogP contribution is 2.20. The number of likely N-dealkylation sites (tertiary alicyclic amines) is 1. The molecule has 2 heterocycles. The number of amides is 2. The first kappa shape index (κ1) is 18.9. The summed E-state index contributed by atoms with van der Waals surface area (Å²) in [5, 5.41) is 0. The Morgan fingerprint density at radius 1 is 1.08 bits per heavy atom. The van der Waals surface area contributed by atoms with E-state index in [9.17, 15) is 9.59 Å². The van der Waals surface area contributed by atoms with Crippen LogP contribution in [-0.2, 0) is 11.3 Å². The second-order valence-corrected chi connectivity index (χ2v) is 7.60. The molecule has 5 nitrogen and oxygen atoms in total. The SMILES string of the molecule is CCCC[C@H]1C(=O)N(C)CCN1C(=O)c1ccc(CN2CCCC2)cc1. The molecule has 0 spiro atoms. The zero-order valence-electron chi connectivity index (χ0n) is 16.1. The lowest BCUT2D eigenvalue weighted by atomic mass is 10.0. The van der Waals surface area contributed by atoms with E-state index in [1.807, 2.05) is 19.2 Å². The van der Waals surface area contributed by atoms with E-state index in [0.717, 1.165) is 25.8 Å². The lowest BCUT2D eigenvalue weighted by Gasteiger charge is -2.39. The highest BCUT2D eigenvalue weighted by atomic mass is 16.2. The standard InChI is InChI=1S/C21H31N3O2/c1-3-4-7-19-21(26)22(2)14-15-24(19)20(25)18-10-8-17(9-11-18)16-23-12-5-6-13-23/h8-11,19H,3-7,12-16H2,1-2H3/t19-/m0/s1. The van der Waals surface area contributed by atoms with Crippen molar-refractivity contribution in [3.8, 4) is 0 Å². The molecule has 0 unspecified atom stereocenters. The van der Waals surface area contributed by atoms with Gasteiger partial charge in [0.1, 0.15) is 6.04 Å². The van der Waals surface area contributed by atoms with Crippen LogP contribution >= 0.6 is 0 Å². The van der Waals surface area contributed by atoms with Crippen molar-refractivity contribution in [1.82, 2.24) is 14.7 Å². The smallest absolute Gasteiger partial charge is 0.254 e. The van der Waals surface area contributed by atoms with Gasteiger partial charge in [-0.05, 0) is 50.0 Å². The molecule has 142 valence electrons. The second-order valence-electron chi connectivity index (χ2n) is 7.60. The summed E-state index contributed by atoms with van der Waals surface area (Å²) in [4.78, 5) is 31.6. The minimum absolute atomic E-state index is 0.0136. The Morgan fingerprint density at radius 3 is 2.42 bits per heavy atom. The fourth-order valence-corrected chi connectivity index (χ4v) is 3.95. The maximum Gasteiger partial charge on any atom is 0.254 e. The molecule has 1 aromatic rings. The topological polar surface area (TPSA) is 43.9 Å². The lowest BCUT2D eigenvalue weighted by Crippen LogP contribution is -2.57. The van der Waals surface area contributed by atoms with Gasteiger partial charge in [-0.3, -0.25) is 14.5 Å². The van der Waals surface area contributed by atoms with Gasteiger partial charge in [0.2, 0.25) is 5.91 Å². The van der Waals surface area contributed by atoms with E-state index in [2.05, 4.69) is 24.0 Å². The van der Waals surface area contributed by atoms with Gasteiger partial charge in [-0.25, -0.2) is 0 Å². The molecule has 3 rings (SSSR count). The van der Waals surface area contributed by atoms with Crippen LogP contribution in [0.3, 0.4) is 0 Å². The van der Waals surface area contributed by atoms with E-state index in [1.165, 1.54) is 31.5 Å². The molecule has 0 radical (unpaired) electrons. The molecule has 0 saturated carbocycles. The second kappa shape index (κ2) is 8.67. The number of nitrogens with zero attached hydrogens (tertiary/aromatic N) is 3. The Morgan fingerprint density at radius 2 is 1.77 bits per heavy atom. The molecule has 2 aliphatic rings. The van der Waals surface area contributed by atoms with Crippen LogP contribution in [-0.4, -0.2) is 65.8 Å². The van der Waals surface area contributed by atoms with E-state index in [1.54, 1.807) is 9.80 Å². The van der Waals surface area contributed by atoms with Gasteiger partial charge in [0.05, 0.1) is 0 Å². The number of carbonyl (C=O) groups excluding carboxylic acids is 2. The molecule has 0 aromatic heterocycles. The fraction of sp³-hybridized carbons (Fsp3) is 0.619. The van der Waals surface area contributed by atoms with E-state index in [-0.39, 0.29) is 17.9 Å². The Labute approximate surface area is 156 Å². The first-order chi connectivity index (χ1) is 12.6. The van der Waals surface area contributed by atoms with E-state index in [0.29, 0.717) is 18.7 Å². The number of unbranched alkanes of at least 4 members (excludes halogenated alkanes) is 1. The Hall–Kier alpha value is -1.88. The monoisotopic (exact) mass is 357 g/mol. The molecule has 0 aliphatic carbocycles. The number of carbonyl (C=O) groups is 2. The van der Waals surface area contributed by atoms with Gasteiger partial charge >= 0.3 is 0 Å². The summed E-state index contributed by atoms with van der Waals surface area (Å²) in [6.07, 6.45) is 5.31. The number of hydrogen-bond donors (Lipinski definition) is 0. The van der Waals surface area contributed by atoms with Gasteiger partial charge in [-0.15, -0.1) is 0 Å². The molecule has 26 heavy (non-hydrogen) atoms. The summed E-state index contributed by atoms with van der Waals surface area (Å²) < 4.78 is 0. The zero-order chi connectivity index (χ0) is 18.5. The normalized spacial score (nSPS) is 21.5. The van der Waals surface area contributed by atoms with Crippen LogP contribution in [0.4, 0.5) is 0 Å². The van der Waals surface area contributed by atoms with Crippen LogP contribution in [0.2, 0.25) is 0 Å². The molecule has 1 aromatic carbocycles. The average Bonchev–Trinajstić information content (AvgIpc) is 3.16. The molecular weight excluding hydrogens is 326 g/mol. The quantitative estimate of drug-likeness (QED) is 0.786. The largest absolute Gasteiger partial charge is 0.342 e. The Balaban J connectivity index is 1.68. The van der Waals surface area contributed by atoms with Gasteiger partial charge in [-0.1, -0.05) is 31.9 Å². The molecule has 0 bridgehead atoms. The number of hydrogen-bond acceptors (Lipinski definition) is 3. The van der Waals surface area contributed by atoms with Crippen LogP contribution < -0.4 is 0 Å². The molecule has 0 N–H and O–H groups in total. The molecule has 2 saturated heterocycles. The van der Waals surface area contributed by atoms with Gasteiger partial charge in [-0.2, -0.15) is 0 Å². The van der Waals surface area contributed by atoms with Crippen LogP contribution in [0.25, 0.3) is 0 Å². The molecule has 5 heteroatoms. The minimum Gasteiger partial charge on any atom is -0.342 e. The summed E-state index contributed by atoms with van der Waals surface area (Å²) in [5.41, 5.74) is 1.94. The summed E-state index contributed by atoms with van der Waals surface area (Å²) in [6.45, 7) is 6.64. The van der Waals surface area contributed by atoms with Crippen LogP contribution in [0.15, 0.2) is 24.3 Å². The first-order valence-corrected chi connectivity index (χ1v) is 9.97. The fourth-order valence-electron chi connectivity index (χ4n) is 3.95. The summed E-state index contributed by atoms with van der Waals surface area (Å²) in [5.74, 6) is 0.0592. The van der Waals surface area contributed by atoms with Crippen molar-refractivity contribution in [1.29, 1.82) is 0 Å². The predicted octanol–water partition coefficient (Wildman–Crippen LogP) is 2.76. The van der Waals surface area contributed by atoms with E-state index >= 15 is 0 Å². The molecule has 1 atom stereocenters. The number of likely N-dealkylation sites (N-methyl/N-ethyl adjacent to an activating group) is 1. The molecule has 2 aliphatic heterocycles. The number of benzene rings is 1. The predicted molar refractivity (Wildman–Crippen MR) is 103 cm³/mol. The third-order valence-corrected chi connectivity index (χ3v) is 5.61. The molecule has 2 amide bonds.